The molecule has 2 N–H and O–H groups in total. The fourth-order valence-corrected chi connectivity index (χ4v) is 2.21. The Hall–Kier alpha value is -1.36. The summed E-state index contributed by atoms with van der Waals surface area (Å²) in [5, 5.41) is 4.25. The van der Waals surface area contributed by atoms with E-state index in [4.69, 9.17) is 23.2 Å². The predicted molar refractivity (Wildman–Crippen MR) is 80.2 cm³/mol. The molecule has 1 aliphatic rings. The van der Waals surface area contributed by atoms with Crippen molar-refractivity contribution in [3.63, 3.8) is 0 Å². The summed E-state index contributed by atoms with van der Waals surface area (Å²) in [5.41, 5.74) is 1.29. The molecule has 1 aromatic carbocycles. The van der Waals surface area contributed by atoms with Crippen LogP contribution in [0.3, 0.4) is 0 Å². The molecule has 6 heteroatoms. The molecule has 4 nitrogen and oxygen atoms in total. The van der Waals surface area contributed by atoms with Gasteiger partial charge in [0, 0.05) is 24.2 Å². The van der Waals surface area contributed by atoms with Crippen LogP contribution in [0, 0.1) is 0 Å². The molecule has 0 bridgehead atoms. The first-order valence-corrected chi connectivity index (χ1v) is 7.16. The number of aromatic nitrogens is 2. The summed E-state index contributed by atoms with van der Waals surface area (Å²) in [5.74, 6) is 0.503. The molecule has 0 aliphatic heterocycles. The normalized spacial score (nSPS) is 14.5. The molecule has 1 heterocycles. The number of hydrogen-bond donors (Lipinski definition) is 2. The van der Waals surface area contributed by atoms with Crippen LogP contribution in [0.2, 0.25) is 10.0 Å². The maximum absolute atomic E-state index is 11.7. The van der Waals surface area contributed by atoms with Crippen LogP contribution in [-0.4, -0.2) is 16.0 Å². The second-order valence-electron chi connectivity index (χ2n) is 4.87. The van der Waals surface area contributed by atoms with Crippen molar-refractivity contribution in [2.24, 2.45) is 0 Å². The molecule has 1 saturated carbocycles. The minimum absolute atomic E-state index is 0.173. The monoisotopic (exact) mass is 309 g/mol. The SMILES string of the molecule is O=c1cc(CNC2CC2)nc(-c2ccc(Cl)c(Cl)c2)[nH]1. The lowest BCUT2D eigenvalue weighted by Crippen LogP contribution is -2.19. The predicted octanol–water partition coefficient (Wildman–Crippen LogP) is 3.00. The third kappa shape index (κ3) is 3.20. The van der Waals surface area contributed by atoms with Crippen molar-refractivity contribution < 1.29 is 0 Å². The molecule has 20 heavy (non-hydrogen) atoms. The lowest BCUT2D eigenvalue weighted by Gasteiger charge is -2.06. The van der Waals surface area contributed by atoms with Gasteiger partial charge >= 0.3 is 0 Å². The lowest BCUT2D eigenvalue weighted by atomic mass is 10.2. The van der Waals surface area contributed by atoms with E-state index < -0.39 is 0 Å². The molecule has 3 rings (SSSR count). The first-order chi connectivity index (χ1) is 9.61. The minimum Gasteiger partial charge on any atom is -0.308 e. The fraction of sp³-hybridized carbons (Fsp3) is 0.286. The van der Waals surface area contributed by atoms with Crippen LogP contribution in [0.1, 0.15) is 18.5 Å². The maximum Gasteiger partial charge on any atom is 0.251 e. The van der Waals surface area contributed by atoms with Gasteiger partial charge in [-0.05, 0) is 31.0 Å². The van der Waals surface area contributed by atoms with Gasteiger partial charge in [0.1, 0.15) is 5.82 Å². The molecule has 1 aromatic heterocycles. The molecule has 104 valence electrons. The molecule has 0 atom stereocenters. The zero-order chi connectivity index (χ0) is 14.1. The summed E-state index contributed by atoms with van der Waals surface area (Å²) in [7, 11) is 0. The Morgan fingerprint density at radius 2 is 2.05 bits per heavy atom. The summed E-state index contributed by atoms with van der Waals surface area (Å²) in [4.78, 5) is 18.9. The van der Waals surface area contributed by atoms with Gasteiger partial charge in [0.15, 0.2) is 0 Å². The van der Waals surface area contributed by atoms with Crippen LogP contribution in [0.25, 0.3) is 11.4 Å². The number of aromatic amines is 1. The minimum atomic E-state index is -0.173. The highest BCUT2D eigenvalue weighted by molar-refractivity contribution is 6.42. The molecule has 0 radical (unpaired) electrons. The van der Waals surface area contributed by atoms with Gasteiger partial charge in [-0.1, -0.05) is 23.2 Å². The van der Waals surface area contributed by atoms with Gasteiger partial charge in [0.25, 0.3) is 5.56 Å². The van der Waals surface area contributed by atoms with Crippen molar-refractivity contribution >= 4 is 23.2 Å². The first kappa shape index (κ1) is 13.6. The molecule has 0 unspecified atom stereocenters. The first-order valence-electron chi connectivity index (χ1n) is 6.41. The molecule has 0 amide bonds. The number of rotatable bonds is 4. The summed E-state index contributed by atoms with van der Waals surface area (Å²) in [6.45, 7) is 0.600. The van der Waals surface area contributed by atoms with Gasteiger partial charge in [-0.25, -0.2) is 4.98 Å². The molecule has 1 fully saturated rings. The maximum atomic E-state index is 11.7. The summed E-state index contributed by atoms with van der Waals surface area (Å²) >= 11 is 11.9. The number of nitrogens with one attached hydrogen (secondary N) is 2. The third-order valence-corrected chi connectivity index (χ3v) is 3.88. The Bertz CT molecular complexity index is 695. The second kappa shape index (κ2) is 5.56. The van der Waals surface area contributed by atoms with Crippen molar-refractivity contribution in [2.75, 3.05) is 0 Å². The molecule has 0 saturated heterocycles. The fourth-order valence-electron chi connectivity index (χ4n) is 1.92. The second-order valence-corrected chi connectivity index (χ2v) is 5.68. The summed E-state index contributed by atoms with van der Waals surface area (Å²) in [6, 6.07) is 7.25. The number of halogens is 2. The van der Waals surface area contributed by atoms with Crippen LogP contribution in [0.15, 0.2) is 29.1 Å². The number of hydrogen-bond acceptors (Lipinski definition) is 3. The smallest absolute Gasteiger partial charge is 0.251 e. The summed E-state index contributed by atoms with van der Waals surface area (Å²) < 4.78 is 0. The van der Waals surface area contributed by atoms with Crippen molar-refractivity contribution in [3.05, 3.63) is 50.4 Å². The van der Waals surface area contributed by atoms with E-state index in [0.717, 1.165) is 11.3 Å². The van der Waals surface area contributed by atoms with E-state index in [1.165, 1.54) is 18.9 Å². The van der Waals surface area contributed by atoms with Crippen molar-refractivity contribution in [1.29, 1.82) is 0 Å². The quantitative estimate of drug-likeness (QED) is 0.913. The van der Waals surface area contributed by atoms with Gasteiger partial charge in [-0.15, -0.1) is 0 Å². The largest absolute Gasteiger partial charge is 0.308 e. The molecule has 1 aliphatic carbocycles. The van der Waals surface area contributed by atoms with Crippen LogP contribution < -0.4 is 10.9 Å². The van der Waals surface area contributed by atoms with E-state index in [1.807, 2.05) is 0 Å². The Morgan fingerprint density at radius 3 is 2.75 bits per heavy atom. The van der Waals surface area contributed by atoms with Crippen LogP contribution in [0.5, 0.6) is 0 Å². The molecule has 2 aromatic rings. The highest BCUT2D eigenvalue weighted by atomic mass is 35.5. The number of nitrogens with zero attached hydrogens (tertiary/aromatic N) is 1. The lowest BCUT2D eigenvalue weighted by molar-refractivity contribution is 0.672. The highest BCUT2D eigenvalue weighted by Crippen LogP contribution is 2.26. The van der Waals surface area contributed by atoms with E-state index in [1.54, 1.807) is 18.2 Å². The van der Waals surface area contributed by atoms with Crippen molar-refractivity contribution in [3.8, 4) is 11.4 Å². The van der Waals surface area contributed by atoms with Gasteiger partial charge in [-0.2, -0.15) is 0 Å². The highest BCUT2D eigenvalue weighted by Gasteiger charge is 2.20. The van der Waals surface area contributed by atoms with E-state index in [0.29, 0.717) is 28.5 Å². The average Bonchev–Trinajstić information content (AvgIpc) is 3.23. The van der Waals surface area contributed by atoms with Crippen molar-refractivity contribution in [2.45, 2.75) is 25.4 Å². The van der Waals surface area contributed by atoms with E-state index >= 15 is 0 Å². The van der Waals surface area contributed by atoms with E-state index in [9.17, 15) is 4.79 Å². The Balaban J connectivity index is 1.91. The van der Waals surface area contributed by atoms with E-state index in [2.05, 4.69) is 15.3 Å². The molecule has 0 spiro atoms. The molecular weight excluding hydrogens is 297 g/mol. The third-order valence-electron chi connectivity index (χ3n) is 3.14. The van der Waals surface area contributed by atoms with Gasteiger partial charge in [-0.3, -0.25) is 4.79 Å². The number of benzene rings is 1. The van der Waals surface area contributed by atoms with Crippen LogP contribution >= 0.6 is 23.2 Å². The van der Waals surface area contributed by atoms with Crippen molar-refractivity contribution in [1.82, 2.24) is 15.3 Å². The van der Waals surface area contributed by atoms with Gasteiger partial charge in [0.05, 0.1) is 15.7 Å². The van der Waals surface area contributed by atoms with Crippen LogP contribution in [-0.2, 0) is 6.54 Å². The number of H-pyrrole nitrogens is 1. The molecular formula is C14H13Cl2N3O. The Labute approximate surface area is 126 Å². The Morgan fingerprint density at radius 1 is 1.25 bits per heavy atom. The van der Waals surface area contributed by atoms with Gasteiger partial charge < -0.3 is 10.3 Å². The Kier molecular flexibility index (Phi) is 3.78. The van der Waals surface area contributed by atoms with Gasteiger partial charge in [0.2, 0.25) is 0 Å². The van der Waals surface area contributed by atoms with E-state index in [-0.39, 0.29) is 5.56 Å². The zero-order valence-corrected chi connectivity index (χ0v) is 12.1. The standard InChI is InChI=1S/C14H13Cl2N3O/c15-11-4-1-8(5-12(11)16)14-18-10(6-13(20)19-14)7-17-9-2-3-9/h1,4-6,9,17H,2-3,7H2,(H,18,19,20). The zero-order valence-electron chi connectivity index (χ0n) is 10.6. The average molecular weight is 310 g/mol. The topological polar surface area (TPSA) is 57.8 Å². The summed E-state index contributed by atoms with van der Waals surface area (Å²) in [6.07, 6.45) is 2.39. The van der Waals surface area contributed by atoms with Crippen LogP contribution in [0.4, 0.5) is 0 Å².